The predicted molar refractivity (Wildman–Crippen MR) is 113 cm³/mol. The number of nitrogens with one attached hydrogen (secondary N) is 1. The van der Waals surface area contributed by atoms with Gasteiger partial charge in [-0.2, -0.15) is 5.10 Å². The number of aryl methyl sites for hydroxylation is 2. The van der Waals surface area contributed by atoms with Crippen molar-refractivity contribution in [3.05, 3.63) is 70.2 Å². The Labute approximate surface area is 168 Å². The smallest absolute Gasteiger partial charge is 0.277 e. The number of nitrogens with zero attached hydrogens (tertiary/aromatic N) is 1. The highest BCUT2D eigenvalue weighted by atomic mass is 35.5. The van der Waals surface area contributed by atoms with Crippen molar-refractivity contribution in [2.45, 2.75) is 13.8 Å². The lowest BCUT2D eigenvalue weighted by molar-refractivity contribution is -0.123. The minimum Gasteiger partial charge on any atom is -0.496 e. The predicted octanol–water partition coefficient (Wildman–Crippen LogP) is 4.65. The molecule has 144 valence electrons. The Bertz CT molecular complexity index is 1020. The van der Waals surface area contributed by atoms with Gasteiger partial charge in [0.05, 0.1) is 13.3 Å². The Kier molecular flexibility index (Phi) is 6.16. The summed E-state index contributed by atoms with van der Waals surface area (Å²) in [6.07, 6.45) is 1.58. The summed E-state index contributed by atoms with van der Waals surface area (Å²) < 4.78 is 10.9. The van der Waals surface area contributed by atoms with E-state index < -0.39 is 0 Å². The van der Waals surface area contributed by atoms with Gasteiger partial charge in [0, 0.05) is 10.6 Å². The molecule has 0 unspecified atom stereocenters. The van der Waals surface area contributed by atoms with E-state index in [0.717, 1.165) is 27.5 Å². The van der Waals surface area contributed by atoms with Crippen LogP contribution >= 0.6 is 11.6 Å². The summed E-state index contributed by atoms with van der Waals surface area (Å²) in [4.78, 5) is 12.1. The molecule has 0 aliphatic rings. The number of halogens is 1. The summed E-state index contributed by atoms with van der Waals surface area (Å²) in [5.74, 6) is 0.912. The summed E-state index contributed by atoms with van der Waals surface area (Å²) >= 11 is 6.14. The molecule has 0 saturated carbocycles. The van der Waals surface area contributed by atoms with Crippen LogP contribution in [0.2, 0.25) is 5.02 Å². The molecule has 0 atom stereocenters. The monoisotopic (exact) mass is 396 g/mol. The standard InChI is InChI=1S/C22H21ClN2O3/c1-14-10-17(11-15(2)22(14)23)28-13-21(26)25-24-12-19-18-7-5-4-6-16(18)8-9-20(19)27-3/h4-12H,13H2,1-3H3,(H,25,26)/b24-12-. The SMILES string of the molecule is COc1ccc2ccccc2c1/C=N\NC(=O)COc1cc(C)c(Cl)c(C)c1. The lowest BCUT2D eigenvalue weighted by Gasteiger charge is -2.10. The Morgan fingerprint density at radius 2 is 1.86 bits per heavy atom. The first-order valence-electron chi connectivity index (χ1n) is 8.77. The first-order chi connectivity index (χ1) is 13.5. The Morgan fingerprint density at radius 1 is 1.14 bits per heavy atom. The van der Waals surface area contributed by atoms with Crippen molar-refractivity contribution in [3.63, 3.8) is 0 Å². The Balaban J connectivity index is 1.66. The number of fused-ring (bicyclic) bond motifs is 1. The molecule has 0 spiro atoms. The van der Waals surface area contributed by atoms with Crippen LogP contribution in [0, 0.1) is 13.8 Å². The van der Waals surface area contributed by atoms with E-state index in [9.17, 15) is 4.79 Å². The summed E-state index contributed by atoms with van der Waals surface area (Å²) in [7, 11) is 1.60. The minimum atomic E-state index is -0.360. The maximum atomic E-state index is 12.1. The van der Waals surface area contributed by atoms with E-state index in [2.05, 4.69) is 10.5 Å². The van der Waals surface area contributed by atoms with Crippen molar-refractivity contribution in [2.24, 2.45) is 5.10 Å². The third-order valence-electron chi connectivity index (χ3n) is 4.31. The number of benzene rings is 3. The fourth-order valence-electron chi connectivity index (χ4n) is 2.93. The van der Waals surface area contributed by atoms with Crippen molar-refractivity contribution >= 4 is 34.5 Å². The van der Waals surface area contributed by atoms with Gasteiger partial charge >= 0.3 is 0 Å². The van der Waals surface area contributed by atoms with Crippen LogP contribution in [-0.4, -0.2) is 25.8 Å². The van der Waals surface area contributed by atoms with Gasteiger partial charge in [-0.25, -0.2) is 5.43 Å². The Hall–Kier alpha value is -3.05. The first-order valence-corrected chi connectivity index (χ1v) is 9.14. The lowest BCUT2D eigenvalue weighted by atomic mass is 10.0. The molecule has 0 radical (unpaired) electrons. The third-order valence-corrected chi connectivity index (χ3v) is 4.91. The van der Waals surface area contributed by atoms with Crippen molar-refractivity contribution in [2.75, 3.05) is 13.7 Å². The van der Waals surface area contributed by atoms with Crippen LogP contribution in [0.3, 0.4) is 0 Å². The van der Waals surface area contributed by atoms with Crippen LogP contribution in [-0.2, 0) is 4.79 Å². The molecule has 3 aromatic rings. The van der Waals surface area contributed by atoms with Crippen LogP contribution in [0.1, 0.15) is 16.7 Å². The number of rotatable bonds is 6. The van der Waals surface area contributed by atoms with Crippen LogP contribution in [0.25, 0.3) is 10.8 Å². The average molecular weight is 397 g/mol. The lowest BCUT2D eigenvalue weighted by Crippen LogP contribution is -2.24. The number of amides is 1. The molecule has 3 aromatic carbocycles. The average Bonchev–Trinajstić information content (AvgIpc) is 2.70. The first kappa shape index (κ1) is 19.7. The number of methoxy groups -OCH3 is 1. The van der Waals surface area contributed by atoms with Gasteiger partial charge in [0.25, 0.3) is 5.91 Å². The largest absolute Gasteiger partial charge is 0.496 e. The molecule has 6 heteroatoms. The normalized spacial score (nSPS) is 11.0. The van der Waals surface area contributed by atoms with Gasteiger partial charge in [-0.15, -0.1) is 0 Å². The van der Waals surface area contributed by atoms with Crippen molar-refractivity contribution < 1.29 is 14.3 Å². The fourth-order valence-corrected chi connectivity index (χ4v) is 3.04. The zero-order chi connectivity index (χ0) is 20.1. The van der Waals surface area contributed by atoms with E-state index in [1.54, 1.807) is 25.5 Å². The fraction of sp³-hybridized carbons (Fsp3) is 0.182. The summed E-state index contributed by atoms with van der Waals surface area (Å²) in [6, 6.07) is 15.4. The second-order valence-corrected chi connectivity index (χ2v) is 6.73. The van der Waals surface area contributed by atoms with E-state index in [-0.39, 0.29) is 12.5 Å². The number of hydrogen-bond acceptors (Lipinski definition) is 4. The van der Waals surface area contributed by atoms with E-state index in [1.807, 2.05) is 50.2 Å². The number of hydrazone groups is 1. The van der Waals surface area contributed by atoms with E-state index >= 15 is 0 Å². The van der Waals surface area contributed by atoms with E-state index in [4.69, 9.17) is 21.1 Å². The van der Waals surface area contributed by atoms with Gasteiger partial charge in [-0.3, -0.25) is 4.79 Å². The van der Waals surface area contributed by atoms with E-state index in [0.29, 0.717) is 16.5 Å². The van der Waals surface area contributed by atoms with Gasteiger partial charge in [0.1, 0.15) is 11.5 Å². The van der Waals surface area contributed by atoms with Gasteiger partial charge in [-0.05, 0) is 53.9 Å². The van der Waals surface area contributed by atoms with Gasteiger partial charge in [-0.1, -0.05) is 41.9 Å². The minimum absolute atomic E-state index is 0.148. The third kappa shape index (κ3) is 4.43. The molecule has 0 bridgehead atoms. The van der Waals surface area contributed by atoms with Crippen LogP contribution in [0.4, 0.5) is 0 Å². The molecule has 0 aromatic heterocycles. The molecule has 0 aliphatic heterocycles. The zero-order valence-corrected chi connectivity index (χ0v) is 16.7. The topological polar surface area (TPSA) is 59.9 Å². The molecular formula is C22H21ClN2O3. The number of carbonyl (C=O) groups excluding carboxylic acids is 1. The van der Waals surface area contributed by atoms with Gasteiger partial charge in [0.2, 0.25) is 0 Å². The molecule has 0 aliphatic carbocycles. The molecule has 0 heterocycles. The maximum Gasteiger partial charge on any atom is 0.277 e. The highest BCUT2D eigenvalue weighted by Gasteiger charge is 2.08. The van der Waals surface area contributed by atoms with Crippen LogP contribution in [0.15, 0.2) is 53.6 Å². The number of hydrogen-bond donors (Lipinski definition) is 1. The van der Waals surface area contributed by atoms with Crippen molar-refractivity contribution in [1.29, 1.82) is 0 Å². The van der Waals surface area contributed by atoms with E-state index in [1.165, 1.54) is 0 Å². The summed E-state index contributed by atoms with van der Waals surface area (Å²) in [5, 5.41) is 6.81. The highest BCUT2D eigenvalue weighted by Crippen LogP contribution is 2.27. The van der Waals surface area contributed by atoms with Crippen LogP contribution < -0.4 is 14.9 Å². The summed E-state index contributed by atoms with van der Waals surface area (Å²) in [6.45, 7) is 3.64. The molecule has 3 rings (SSSR count). The molecule has 28 heavy (non-hydrogen) atoms. The zero-order valence-electron chi connectivity index (χ0n) is 16.0. The van der Waals surface area contributed by atoms with Crippen molar-refractivity contribution in [1.82, 2.24) is 5.43 Å². The second kappa shape index (κ2) is 8.76. The maximum absolute atomic E-state index is 12.1. The number of ether oxygens (including phenoxy) is 2. The molecule has 1 amide bonds. The number of carbonyl (C=O) groups is 1. The quantitative estimate of drug-likeness (QED) is 0.487. The molecule has 1 N–H and O–H groups in total. The molecule has 0 fully saturated rings. The molecular weight excluding hydrogens is 376 g/mol. The second-order valence-electron chi connectivity index (χ2n) is 6.36. The Morgan fingerprint density at radius 3 is 2.57 bits per heavy atom. The van der Waals surface area contributed by atoms with Gasteiger partial charge < -0.3 is 9.47 Å². The molecule has 0 saturated heterocycles. The molecule has 5 nitrogen and oxygen atoms in total. The van der Waals surface area contributed by atoms with Crippen molar-refractivity contribution in [3.8, 4) is 11.5 Å². The van der Waals surface area contributed by atoms with Crippen LogP contribution in [0.5, 0.6) is 11.5 Å². The van der Waals surface area contributed by atoms with Gasteiger partial charge in [0.15, 0.2) is 6.61 Å². The summed E-state index contributed by atoms with van der Waals surface area (Å²) in [5.41, 5.74) is 5.08. The highest BCUT2D eigenvalue weighted by molar-refractivity contribution is 6.32.